The van der Waals surface area contributed by atoms with E-state index in [1.807, 2.05) is 41.1 Å². The SMILES string of the molecule is Cc1cccc(-n2ccnc2SCC(=O)Nc2ccccc2Cn2cncn2)c1C. The molecule has 0 fully saturated rings. The van der Waals surface area contributed by atoms with E-state index < -0.39 is 0 Å². The van der Waals surface area contributed by atoms with Crippen LogP contribution >= 0.6 is 11.8 Å². The normalized spacial score (nSPS) is 10.9. The van der Waals surface area contributed by atoms with Gasteiger partial charge in [0.1, 0.15) is 12.7 Å². The highest BCUT2D eigenvalue weighted by molar-refractivity contribution is 7.99. The lowest BCUT2D eigenvalue weighted by atomic mass is 10.1. The Kier molecular flexibility index (Phi) is 5.94. The molecular formula is C22H22N6OS. The molecule has 2 heterocycles. The van der Waals surface area contributed by atoms with Crippen molar-refractivity contribution in [1.29, 1.82) is 0 Å². The molecule has 0 aliphatic rings. The third-order valence-electron chi connectivity index (χ3n) is 4.87. The van der Waals surface area contributed by atoms with Crippen molar-refractivity contribution in [2.45, 2.75) is 25.5 Å². The van der Waals surface area contributed by atoms with E-state index >= 15 is 0 Å². The number of nitrogens with one attached hydrogen (secondary N) is 1. The zero-order chi connectivity index (χ0) is 20.9. The van der Waals surface area contributed by atoms with Crippen molar-refractivity contribution < 1.29 is 4.79 Å². The first-order chi connectivity index (χ1) is 14.6. The van der Waals surface area contributed by atoms with Crippen LogP contribution in [0, 0.1) is 13.8 Å². The molecule has 0 spiro atoms. The Morgan fingerprint density at radius 1 is 1.13 bits per heavy atom. The van der Waals surface area contributed by atoms with Crippen LogP contribution in [0.25, 0.3) is 5.69 Å². The molecule has 30 heavy (non-hydrogen) atoms. The van der Waals surface area contributed by atoms with Gasteiger partial charge < -0.3 is 5.32 Å². The summed E-state index contributed by atoms with van der Waals surface area (Å²) in [5, 5.41) is 7.92. The van der Waals surface area contributed by atoms with Crippen LogP contribution in [0.15, 0.2) is 72.7 Å². The van der Waals surface area contributed by atoms with Gasteiger partial charge in [-0.1, -0.05) is 42.1 Å². The average molecular weight is 419 g/mol. The second-order valence-electron chi connectivity index (χ2n) is 6.89. The van der Waals surface area contributed by atoms with Crippen molar-refractivity contribution in [3.63, 3.8) is 0 Å². The maximum Gasteiger partial charge on any atom is 0.234 e. The van der Waals surface area contributed by atoms with Crippen LogP contribution in [-0.2, 0) is 11.3 Å². The van der Waals surface area contributed by atoms with Gasteiger partial charge in [0.15, 0.2) is 5.16 Å². The molecular weight excluding hydrogens is 396 g/mol. The van der Waals surface area contributed by atoms with Gasteiger partial charge in [0, 0.05) is 18.1 Å². The number of nitrogens with zero attached hydrogens (tertiary/aromatic N) is 5. The van der Waals surface area contributed by atoms with Crippen molar-refractivity contribution in [2.75, 3.05) is 11.1 Å². The monoisotopic (exact) mass is 418 g/mol. The Balaban J connectivity index is 1.44. The van der Waals surface area contributed by atoms with E-state index in [1.54, 1.807) is 17.2 Å². The number of carbonyl (C=O) groups is 1. The van der Waals surface area contributed by atoms with Crippen LogP contribution in [0.3, 0.4) is 0 Å². The fourth-order valence-corrected chi connectivity index (χ4v) is 3.93. The standard InChI is InChI=1S/C22H22N6OS/c1-16-6-5-9-20(17(16)2)28-11-10-24-22(28)30-13-21(29)26-19-8-4-3-7-18(19)12-27-15-23-14-25-27/h3-11,14-15H,12-13H2,1-2H3,(H,26,29). The van der Waals surface area contributed by atoms with Gasteiger partial charge in [0.2, 0.25) is 5.91 Å². The van der Waals surface area contributed by atoms with Gasteiger partial charge in [-0.15, -0.1) is 0 Å². The van der Waals surface area contributed by atoms with Crippen LogP contribution in [0.2, 0.25) is 0 Å². The third-order valence-corrected chi connectivity index (χ3v) is 5.83. The van der Waals surface area contributed by atoms with Crippen LogP contribution in [0.1, 0.15) is 16.7 Å². The molecule has 0 saturated carbocycles. The van der Waals surface area contributed by atoms with Crippen LogP contribution in [0.4, 0.5) is 5.69 Å². The Hall–Kier alpha value is -3.39. The maximum absolute atomic E-state index is 12.6. The van der Waals surface area contributed by atoms with Crippen molar-refractivity contribution in [2.24, 2.45) is 0 Å². The number of anilines is 1. The molecule has 0 aliphatic carbocycles. The number of aryl methyl sites for hydroxylation is 1. The van der Waals surface area contributed by atoms with Gasteiger partial charge in [-0.25, -0.2) is 14.6 Å². The smallest absolute Gasteiger partial charge is 0.234 e. The van der Waals surface area contributed by atoms with E-state index in [2.05, 4.69) is 46.4 Å². The Morgan fingerprint density at radius 3 is 2.83 bits per heavy atom. The topological polar surface area (TPSA) is 77.6 Å². The predicted molar refractivity (Wildman–Crippen MR) is 118 cm³/mol. The molecule has 2 aromatic heterocycles. The molecule has 2 aromatic carbocycles. The molecule has 1 N–H and O–H groups in total. The summed E-state index contributed by atoms with van der Waals surface area (Å²) < 4.78 is 3.75. The van der Waals surface area contributed by atoms with Gasteiger partial charge in [-0.2, -0.15) is 5.10 Å². The predicted octanol–water partition coefficient (Wildman–Crippen LogP) is 3.86. The number of benzene rings is 2. The number of para-hydroxylation sites is 1. The summed E-state index contributed by atoms with van der Waals surface area (Å²) in [4.78, 5) is 21.0. The number of imidazole rings is 1. The lowest BCUT2D eigenvalue weighted by molar-refractivity contribution is -0.113. The van der Waals surface area contributed by atoms with Crippen molar-refractivity contribution in [1.82, 2.24) is 24.3 Å². The first-order valence-corrected chi connectivity index (χ1v) is 10.5. The van der Waals surface area contributed by atoms with Crippen LogP contribution in [0.5, 0.6) is 0 Å². The fraction of sp³-hybridized carbons (Fsp3) is 0.182. The number of hydrogen-bond acceptors (Lipinski definition) is 5. The molecule has 0 atom stereocenters. The van der Waals surface area contributed by atoms with E-state index in [0.717, 1.165) is 22.1 Å². The Morgan fingerprint density at radius 2 is 2.00 bits per heavy atom. The molecule has 1 amide bonds. The fourth-order valence-electron chi connectivity index (χ4n) is 3.16. The van der Waals surface area contributed by atoms with Crippen molar-refractivity contribution in [3.8, 4) is 5.69 Å². The summed E-state index contributed by atoms with van der Waals surface area (Å²) in [6, 6.07) is 13.9. The highest BCUT2D eigenvalue weighted by atomic mass is 32.2. The number of aromatic nitrogens is 5. The number of hydrogen-bond donors (Lipinski definition) is 1. The molecule has 0 bridgehead atoms. The third kappa shape index (κ3) is 4.44. The van der Waals surface area contributed by atoms with Gasteiger partial charge in [-0.05, 0) is 42.7 Å². The molecule has 4 rings (SSSR count). The molecule has 0 radical (unpaired) electrons. The summed E-state index contributed by atoms with van der Waals surface area (Å²) in [5.41, 5.74) is 5.24. The van der Waals surface area contributed by atoms with E-state index in [9.17, 15) is 4.79 Å². The lowest BCUT2D eigenvalue weighted by Gasteiger charge is -2.13. The summed E-state index contributed by atoms with van der Waals surface area (Å²) in [5.74, 6) is 0.182. The minimum atomic E-state index is -0.0819. The van der Waals surface area contributed by atoms with E-state index in [-0.39, 0.29) is 11.7 Å². The zero-order valence-corrected chi connectivity index (χ0v) is 17.6. The first-order valence-electron chi connectivity index (χ1n) is 9.54. The highest BCUT2D eigenvalue weighted by Crippen LogP contribution is 2.24. The second-order valence-corrected chi connectivity index (χ2v) is 7.83. The van der Waals surface area contributed by atoms with Gasteiger partial charge >= 0.3 is 0 Å². The second kappa shape index (κ2) is 8.96. The van der Waals surface area contributed by atoms with Gasteiger partial charge in [0.05, 0.1) is 18.0 Å². The Labute approximate surface area is 179 Å². The lowest BCUT2D eigenvalue weighted by Crippen LogP contribution is -2.16. The molecule has 4 aromatic rings. The van der Waals surface area contributed by atoms with Crippen LogP contribution < -0.4 is 5.32 Å². The summed E-state index contributed by atoms with van der Waals surface area (Å²) in [6.45, 7) is 4.73. The van der Waals surface area contributed by atoms with Gasteiger partial charge in [-0.3, -0.25) is 9.36 Å². The van der Waals surface area contributed by atoms with Crippen molar-refractivity contribution in [3.05, 3.63) is 84.2 Å². The molecule has 8 heteroatoms. The minimum Gasteiger partial charge on any atom is -0.325 e. The van der Waals surface area contributed by atoms with Crippen LogP contribution in [-0.4, -0.2) is 36.0 Å². The number of carbonyl (C=O) groups excluding carboxylic acids is 1. The zero-order valence-electron chi connectivity index (χ0n) is 16.8. The molecule has 0 unspecified atom stereocenters. The highest BCUT2D eigenvalue weighted by Gasteiger charge is 2.13. The first kappa shape index (κ1) is 19.9. The molecule has 0 aliphatic heterocycles. The molecule has 152 valence electrons. The van der Waals surface area contributed by atoms with Crippen molar-refractivity contribution >= 4 is 23.4 Å². The summed E-state index contributed by atoms with van der Waals surface area (Å²) in [7, 11) is 0. The van der Waals surface area contributed by atoms with E-state index in [1.165, 1.54) is 29.2 Å². The van der Waals surface area contributed by atoms with E-state index in [0.29, 0.717) is 6.54 Å². The molecule has 7 nitrogen and oxygen atoms in total. The largest absolute Gasteiger partial charge is 0.325 e. The molecule has 0 saturated heterocycles. The van der Waals surface area contributed by atoms with Gasteiger partial charge in [0.25, 0.3) is 0 Å². The average Bonchev–Trinajstić information content (AvgIpc) is 3.42. The minimum absolute atomic E-state index is 0.0819. The number of rotatable bonds is 7. The van der Waals surface area contributed by atoms with E-state index in [4.69, 9.17) is 0 Å². The summed E-state index contributed by atoms with van der Waals surface area (Å²) >= 11 is 1.41. The number of amides is 1. The maximum atomic E-state index is 12.6. The Bertz CT molecular complexity index is 1150. The number of thioether (sulfide) groups is 1. The summed E-state index contributed by atoms with van der Waals surface area (Å²) in [6.07, 6.45) is 6.84. The quantitative estimate of drug-likeness (QED) is 0.461.